The molecule has 0 N–H and O–H groups in total. The Kier molecular flexibility index (Phi) is 3.14. The number of nitrogens with zero attached hydrogens (tertiary/aromatic N) is 1. The predicted octanol–water partition coefficient (Wildman–Crippen LogP) is 1.49. The Morgan fingerprint density at radius 3 is 2.44 bits per heavy atom. The van der Waals surface area contributed by atoms with Gasteiger partial charge in [-0.1, -0.05) is 0 Å². The van der Waals surface area contributed by atoms with Gasteiger partial charge in [0.1, 0.15) is 0 Å². The van der Waals surface area contributed by atoms with E-state index < -0.39 is 11.0 Å². The normalized spacial score (nSPS) is 16.9. The number of anilines is 1. The molecule has 0 aromatic heterocycles. The number of likely N-dealkylation sites (N-methyl/N-ethyl adjacent to an activating group) is 1. The molecule has 6 heteroatoms. The summed E-state index contributed by atoms with van der Waals surface area (Å²) < 4.78 is 10.4. The first-order valence-corrected chi connectivity index (χ1v) is 5.58. The van der Waals surface area contributed by atoms with Gasteiger partial charge in [-0.05, 0) is 29.8 Å². The summed E-state index contributed by atoms with van der Waals surface area (Å²) in [4.78, 5) is 24.8. The highest BCUT2D eigenvalue weighted by Crippen LogP contribution is 2.42. The van der Waals surface area contributed by atoms with Gasteiger partial charge in [0, 0.05) is 32.4 Å². The summed E-state index contributed by atoms with van der Waals surface area (Å²) in [5.74, 6) is -1.85. The maximum Gasteiger partial charge on any atom is 0.292 e. The molecule has 1 amide bonds. The molecule has 0 saturated carbocycles. The van der Waals surface area contributed by atoms with Crippen LogP contribution in [0.25, 0.3) is 0 Å². The minimum atomic E-state index is -1.51. The lowest BCUT2D eigenvalue weighted by Crippen LogP contribution is -2.41. The van der Waals surface area contributed by atoms with E-state index in [9.17, 15) is 9.59 Å². The number of carbonyl (C=O) groups is 2. The summed E-state index contributed by atoms with van der Waals surface area (Å²) in [7, 11) is 4.36. The number of benzene rings is 1. The molecule has 0 bridgehead atoms. The minimum Gasteiger partial charge on any atom is -0.342 e. The minimum absolute atomic E-state index is 0.289. The van der Waals surface area contributed by atoms with E-state index in [1.807, 2.05) is 0 Å². The van der Waals surface area contributed by atoms with E-state index in [1.165, 1.54) is 25.2 Å². The Labute approximate surface area is 109 Å². The Hall–Kier alpha value is -1.43. The molecule has 1 aliphatic heterocycles. The summed E-state index contributed by atoms with van der Waals surface area (Å²) in [5, 5.41) is -0.596. The quantitative estimate of drug-likeness (QED) is 0.616. The van der Waals surface area contributed by atoms with Crippen molar-refractivity contribution in [2.24, 2.45) is 0 Å². The first kappa shape index (κ1) is 13.0. The Bertz CT molecular complexity index is 525. The van der Waals surface area contributed by atoms with Crippen LogP contribution in [0.15, 0.2) is 18.2 Å². The van der Waals surface area contributed by atoms with Crippen LogP contribution in [0.3, 0.4) is 0 Å². The number of ether oxygens (including phenoxy) is 2. The van der Waals surface area contributed by atoms with Gasteiger partial charge < -0.3 is 14.4 Å². The van der Waals surface area contributed by atoms with Gasteiger partial charge in [-0.25, -0.2) is 0 Å². The van der Waals surface area contributed by atoms with Crippen molar-refractivity contribution >= 4 is 28.4 Å². The molecule has 0 atom stereocenters. The van der Waals surface area contributed by atoms with Crippen molar-refractivity contribution in [2.75, 3.05) is 26.2 Å². The van der Waals surface area contributed by atoms with E-state index in [0.717, 1.165) is 0 Å². The fourth-order valence-corrected chi connectivity index (χ4v) is 2.26. The van der Waals surface area contributed by atoms with Crippen molar-refractivity contribution in [3.05, 3.63) is 29.3 Å². The van der Waals surface area contributed by atoms with Crippen LogP contribution in [0.1, 0.15) is 15.9 Å². The van der Waals surface area contributed by atoms with E-state index in [2.05, 4.69) is 0 Å². The monoisotopic (exact) mass is 269 g/mol. The third-order valence-electron chi connectivity index (χ3n) is 3.10. The van der Waals surface area contributed by atoms with Gasteiger partial charge in [0.2, 0.25) is 0 Å². The van der Waals surface area contributed by atoms with Crippen LogP contribution >= 0.6 is 11.6 Å². The third kappa shape index (κ3) is 1.55. The Morgan fingerprint density at radius 1 is 1.33 bits per heavy atom. The van der Waals surface area contributed by atoms with E-state index >= 15 is 0 Å². The van der Waals surface area contributed by atoms with E-state index in [0.29, 0.717) is 11.3 Å². The van der Waals surface area contributed by atoms with Gasteiger partial charge in [-0.3, -0.25) is 9.59 Å². The van der Waals surface area contributed by atoms with Crippen LogP contribution in [0.5, 0.6) is 0 Å². The summed E-state index contributed by atoms with van der Waals surface area (Å²) in [6.45, 7) is 0. The van der Waals surface area contributed by atoms with Crippen LogP contribution in [0.4, 0.5) is 5.69 Å². The summed E-state index contributed by atoms with van der Waals surface area (Å²) in [6.07, 6.45) is 0. The average Bonchev–Trinajstić information content (AvgIpc) is 2.59. The average molecular weight is 270 g/mol. The second kappa shape index (κ2) is 4.35. The third-order valence-corrected chi connectivity index (χ3v) is 3.32. The van der Waals surface area contributed by atoms with Crippen LogP contribution in [0, 0.1) is 0 Å². The first-order valence-electron chi connectivity index (χ1n) is 5.20. The van der Waals surface area contributed by atoms with E-state index in [1.54, 1.807) is 19.2 Å². The fourth-order valence-electron chi connectivity index (χ4n) is 2.14. The number of amides is 1. The van der Waals surface area contributed by atoms with Crippen LogP contribution in [-0.4, -0.2) is 32.4 Å². The molecule has 0 radical (unpaired) electrons. The molecule has 0 unspecified atom stereocenters. The molecule has 0 aliphatic carbocycles. The van der Waals surface area contributed by atoms with Crippen LogP contribution in [-0.2, 0) is 20.1 Å². The zero-order chi connectivity index (χ0) is 13.5. The second-order valence-electron chi connectivity index (χ2n) is 3.89. The number of fused-ring (bicyclic) bond motifs is 1. The number of halogens is 1. The lowest BCUT2D eigenvalue weighted by atomic mass is 10.0. The van der Waals surface area contributed by atoms with Gasteiger partial charge in [0.05, 0.1) is 5.69 Å². The standard InChI is InChI=1S/C12H12ClNO4/c1-14-9-5-4-7(10(13)15)6-8(9)12(17-2,18-3)11(14)16/h4-6H,1-3H3. The van der Waals surface area contributed by atoms with Gasteiger partial charge in [0.25, 0.3) is 16.9 Å². The molecule has 1 aromatic carbocycles. The Morgan fingerprint density at radius 2 is 1.94 bits per heavy atom. The van der Waals surface area contributed by atoms with Crippen molar-refractivity contribution in [3.8, 4) is 0 Å². The number of methoxy groups -OCH3 is 2. The molecule has 18 heavy (non-hydrogen) atoms. The number of rotatable bonds is 3. The summed E-state index contributed by atoms with van der Waals surface area (Å²) in [5.41, 5.74) is 1.40. The van der Waals surface area contributed by atoms with Crippen molar-refractivity contribution < 1.29 is 19.1 Å². The number of carbonyl (C=O) groups excluding carboxylic acids is 2. The van der Waals surface area contributed by atoms with Gasteiger partial charge in [-0.15, -0.1) is 0 Å². The molecular weight excluding hydrogens is 258 g/mol. The molecular formula is C12H12ClNO4. The molecule has 0 fully saturated rings. The van der Waals surface area contributed by atoms with Gasteiger partial charge >= 0.3 is 0 Å². The zero-order valence-electron chi connectivity index (χ0n) is 10.2. The zero-order valence-corrected chi connectivity index (χ0v) is 10.9. The second-order valence-corrected chi connectivity index (χ2v) is 4.24. The van der Waals surface area contributed by atoms with Gasteiger partial charge in [-0.2, -0.15) is 0 Å². The van der Waals surface area contributed by atoms with Crippen LogP contribution in [0.2, 0.25) is 0 Å². The summed E-state index contributed by atoms with van der Waals surface area (Å²) in [6, 6.07) is 4.71. The lowest BCUT2D eigenvalue weighted by molar-refractivity contribution is -0.208. The highest BCUT2D eigenvalue weighted by Gasteiger charge is 2.51. The molecule has 2 rings (SSSR count). The fraction of sp³-hybridized carbons (Fsp3) is 0.333. The van der Waals surface area contributed by atoms with E-state index in [4.69, 9.17) is 21.1 Å². The highest BCUT2D eigenvalue weighted by molar-refractivity contribution is 6.67. The smallest absolute Gasteiger partial charge is 0.292 e. The van der Waals surface area contributed by atoms with Crippen molar-refractivity contribution in [3.63, 3.8) is 0 Å². The molecule has 5 nitrogen and oxygen atoms in total. The molecule has 0 saturated heterocycles. The molecule has 1 heterocycles. The number of hydrogen-bond donors (Lipinski definition) is 0. The van der Waals surface area contributed by atoms with Crippen molar-refractivity contribution in [2.45, 2.75) is 5.79 Å². The predicted molar refractivity (Wildman–Crippen MR) is 65.7 cm³/mol. The lowest BCUT2D eigenvalue weighted by Gasteiger charge is -2.24. The number of hydrogen-bond acceptors (Lipinski definition) is 4. The van der Waals surface area contributed by atoms with E-state index in [-0.39, 0.29) is 11.5 Å². The summed E-state index contributed by atoms with van der Waals surface area (Å²) >= 11 is 5.44. The Balaban J connectivity index is 2.68. The SMILES string of the molecule is COC1(OC)C(=O)N(C)c2ccc(C(=O)Cl)cc21. The topological polar surface area (TPSA) is 55.8 Å². The van der Waals surface area contributed by atoms with Crippen LogP contribution < -0.4 is 4.90 Å². The molecule has 1 aliphatic rings. The maximum atomic E-state index is 12.2. The van der Waals surface area contributed by atoms with Crippen molar-refractivity contribution in [1.82, 2.24) is 0 Å². The maximum absolute atomic E-state index is 12.2. The molecule has 0 spiro atoms. The highest BCUT2D eigenvalue weighted by atomic mass is 35.5. The first-order chi connectivity index (χ1) is 8.47. The van der Waals surface area contributed by atoms with Gasteiger partial charge in [0.15, 0.2) is 0 Å². The molecule has 1 aromatic rings. The molecule has 96 valence electrons. The largest absolute Gasteiger partial charge is 0.342 e. The van der Waals surface area contributed by atoms with Crippen molar-refractivity contribution in [1.29, 1.82) is 0 Å².